The number of thiophene rings is 1. The van der Waals surface area contributed by atoms with Crippen molar-refractivity contribution in [2.75, 3.05) is 13.1 Å². The van der Waals surface area contributed by atoms with Gasteiger partial charge in [0, 0.05) is 34.2 Å². The molecule has 1 aliphatic heterocycles. The van der Waals surface area contributed by atoms with Gasteiger partial charge in [-0.05, 0) is 67.1 Å². The van der Waals surface area contributed by atoms with Gasteiger partial charge in [-0.2, -0.15) is 0 Å². The molecule has 35 heavy (non-hydrogen) atoms. The number of piperidine rings is 1. The molecule has 0 spiro atoms. The van der Waals surface area contributed by atoms with Gasteiger partial charge >= 0.3 is 0 Å². The molecule has 1 fully saturated rings. The number of rotatable bonds is 5. The first kappa shape index (κ1) is 24.1. The lowest BCUT2D eigenvalue weighted by atomic mass is 9.89. The van der Waals surface area contributed by atoms with Gasteiger partial charge in [0.05, 0.1) is 10.7 Å². The van der Waals surface area contributed by atoms with E-state index in [1.165, 1.54) is 0 Å². The van der Waals surface area contributed by atoms with Crippen molar-refractivity contribution in [3.63, 3.8) is 0 Å². The highest BCUT2D eigenvalue weighted by molar-refractivity contribution is 7.10. The zero-order valence-electron chi connectivity index (χ0n) is 19.2. The van der Waals surface area contributed by atoms with Gasteiger partial charge in [0.25, 0.3) is 5.91 Å². The minimum Gasteiger partial charge on any atom is -0.384 e. The topological polar surface area (TPSA) is 58.4 Å². The maximum atomic E-state index is 13.8. The summed E-state index contributed by atoms with van der Waals surface area (Å²) in [6.07, 6.45) is 1.60. The highest BCUT2D eigenvalue weighted by Gasteiger charge is 2.37. The second-order valence-corrected chi connectivity index (χ2v) is 10.5. The molecule has 0 unspecified atom stereocenters. The van der Waals surface area contributed by atoms with Crippen LogP contribution in [-0.2, 0) is 12.0 Å². The number of carbonyl (C=O) groups is 1. The molecule has 5 rings (SSSR count). The number of nitrogens with zero attached hydrogens (tertiary/aromatic N) is 3. The Kier molecular flexibility index (Phi) is 6.73. The normalized spacial score (nSPS) is 15.4. The number of aromatic nitrogens is 2. The largest absolute Gasteiger partial charge is 0.384 e. The Balaban J connectivity index is 1.54. The van der Waals surface area contributed by atoms with Crippen LogP contribution in [-0.4, -0.2) is 38.6 Å². The molecule has 0 saturated carbocycles. The van der Waals surface area contributed by atoms with Crippen molar-refractivity contribution in [2.45, 2.75) is 31.8 Å². The van der Waals surface area contributed by atoms with Crippen LogP contribution in [0, 0.1) is 0 Å². The third-order valence-electron chi connectivity index (χ3n) is 6.57. The number of carbonyl (C=O) groups excluding carboxylic acids is 1. The van der Waals surface area contributed by atoms with E-state index in [0.717, 1.165) is 21.8 Å². The molecule has 0 bridgehead atoms. The summed E-state index contributed by atoms with van der Waals surface area (Å²) in [7, 11) is 0. The number of hydrogen-bond acceptors (Lipinski definition) is 4. The summed E-state index contributed by atoms with van der Waals surface area (Å²) in [4.78, 5) is 21.4. The lowest BCUT2D eigenvalue weighted by Crippen LogP contribution is -2.45. The van der Waals surface area contributed by atoms with Crippen molar-refractivity contribution in [1.29, 1.82) is 0 Å². The highest BCUT2D eigenvalue weighted by Crippen LogP contribution is 2.37. The average Bonchev–Trinajstić information content (AvgIpc) is 3.54. The molecular formula is C27H25Cl2N3O2S. The van der Waals surface area contributed by atoms with Crippen LogP contribution in [0.5, 0.6) is 0 Å². The van der Waals surface area contributed by atoms with Crippen LogP contribution in [0.1, 0.15) is 40.8 Å². The summed E-state index contributed by atoms with van der Waals surface area (Å²) < 4.78 is 2.00. The van der Waals surface area contributed by atoms with Crippen LogP contribution in [0.3, 0.4) is 0 Å². The first-order valence-corrected chi connectivity index (χ1v) is 13.2. The van der Waals surface area contributed by atoms with Crippen LogP contribution >= 0.6 is 34.5 Å². The lowest BCUT2D eigenvalue weighted by molar-refractivity contribution is -0.0184. The molecule has 5 nitrogen and oxygen atoms in total. The monoisotopic (exact) mass is 525 g/mol. The average molecular weight is 526 g/mol. The summed E-state index contributed by atoms with van der Waals surface area (Å²) in [6.45, 7) is 2.94. The van der Waals surface area contributed by atoms with Crippen LogP contribution in [0.4, 0.5) is 0 Å². The maximum Gasteiger partial charge on any atom is 0.274 e. The van der Waals surface area contributed by atoms with Gasteiger partial charge in [0.2, 0.25) is 0 Å². The molecule has 2 aromatic carbocycles. The SMILES string of the molecule is CCc1c(C(=O)N2CCC(O)(c3cccs3)CC2)nc(-c2ccccc2Cl)n1-c1ccc(Cl)cc1. The molecule has 8 heteroatoms. The number of hydrogen-bond donors (Lipinski definition) is 1. The molecule has 1 amide bonds. The van der Waals surface area contributed by atoms with Crippen LogP contribution < -0.4 is 0 Å². The summed E-state index contributed by atoms with van der Waals surface area (Å²) >= 11 is 14.3. The summed E-state index contributed by atoms with van der Waals surface area (Å²) in [6, 6.07) is 18.9. The number of aliphatic hydroxyl groups is 1. The molecule has 0 aliphatic carbocycles. The van der Waals surface area contributed by atoms with Gasteiger partial charge in [-0.1, -0.05) is 48.3 Å². The predicted octanol–water partition coefficient (Wildman–Crippen LogP) is 6.59. The number of imidazole rings is 1. The van der Waals surface area contributed by atoms with E-state index in [0.29, 0.717) is 53.9 Å². The number of likely N-dealkylation sites (tertiary alicyclic amines) is 1. The summed E-state index contributed by atoms with van der Waals surface area (Å²) in [5.74, 6) is 0.487. The standard InChI is InChI=1S/C27H25Cl2N3O2S/c1-2-22-24(26(33)31-15-13-27(34,14-16-31)23-8-5-17-35-23)30-25(20-6-3-4-7-21(20)29)32(22)19-11-9-18(28)10-12-19/h3-12,17,34H,2,13-16H2,1H3. The number of halogens is 2. The Morgan fingerprint density at radius 2 is 1.77 bits per heavy atom. The fraction of sp³-hybridized carbons (Fsp3) is 0.259. The Morgan fingerprint density at radius 3 is 2.40 bits per heavy atom. The maximum absolute atomic E-state index is 13.8. The van der Waals surface area contributed by atoms with Gasteiger partial charge in [0.15, 0.2) is 5.69 Å². The molecular weight excluding hydrogens is 501 g/mol. The van der Waals surface area contributed by atoms with Gasteiger partial charge in [-0.15, -0.1) is 11.3 Å². The van der Waals surface area contributed by atoms with E-state index in [1.54, 1.807) is 16.2 Å². The van der Waals surface area contributed by atoms with Crippen molar-refractivity contribution in [3.05, 3.63) is 92.4 Å². The molecule has 0 atom stereocenters. The number of benzene rings is 2. The van der Waals surface area contributed by atoms with E-state index < -0.39 is 5.60 Å². The van der Waals surface area contributed by atoms with E-state index in [4.69, 9.17) is 28.2 Å². The first-order chi connectivity index (χ1) is 16.9. The van der Waals surface area contributed by atoms with Crippen molar-refractivity contribution >= 4 is 40.4 Å². The minimum atomic E-state index is -0.885. The van der Waals surface area contributed by atoms with E-state index >= 15 is 0 Å². The van der Waals surface area contributed by atoms with Crippen molar-refractivity contribution in [2.24, 2.45) is 0 Å². The molecule has 1 saturated heterocycles. The zero-order chi connectivity index (χ0) is 24.6. The molecule has 2 aromatic heterocycles. The van der Waals surface area contributed by atoms with E-state index in [2.05, 4.69) is 0 Å². The fourth-order valence-electron chi connectivity index (χ4n) is 4.66. The summed E-state index contributed by atoms with van der Waals surface area (Å²) in [5.41, 5.74) is 1.96. The highest BCUT2D eigenvalue weighted by atomic mass is 35.5. The molecule has 180 valence electrons. The molecule has 0 radical (unpaired) electrons. The van der Waals surface area contributed by atoms with Gasteiger partial charge < -0.3 is 10.0 Å². The smallest absolute Gasteiger partial charge is 0.274 e. The quantitative estimate of drug-likeness (QED) is 0.319. The fourth-order valence-corrected chi connectivity index (χ4v) is 5.89. The lowest BCUT2D eigenvalue weighted by Gasteiger charge is -2.37. The Hall–Kier alpha value is -2.64. The van der Waals surface area contributed by atoms with E-state index in [1.807, 2.05) is 77.5 Å². The molecule has 4 aromatic rings. The molecule has 3 heterocycles. The third-order valence-corrected chi connectivity index (χ3v) is 8.21. The van der Waals surface area contributed by atoms with Crippen LogP contribution in [0.15, 0.2) is 66.0 Å². The van der Waals surface area contributed by atoms with Gasteiger partial charge in [-0.3, -0.25) is 9.36 Å². The second-order valence-electron chi connectivity index (χ2n) is 8.68. The minimum absolute atomic E-state index is 0.129. The van der Waals surface area contributed by atoms with Crippen molar-refractivity contribution in [1.82, 2.24) is 14.5 Å². The van der Waals surface area contributed by atoms with Crippen molar-refractivity contribution < 1.29 is 9.90 Å². The van der Waals surface area contributed by atoms with Gasteiger partial charge in [-0.25, -0.2) is 4.98 Å². The second kappa shape index (κ2) is 9.78. The predicted molar refractivity (Wildman–Crippen MR) is 142 cm³/mol. The zero-order valence-corrected chi connectivity index (χ0v) is 21.6. The Labute approximate surface area is 218 Å². The first-order valence-electron chi connectivity index (χ1n) is 11.6. The molecule has 1 N–H and O–H groups in total. The number of amides is 1. The van der Waals surface area contributed by atoms with Gasteiger partial charge in [0.1, 0.15) is 11.4 Å². The summed E-state index contributed by atoms with van der Waals surface area (Å²) in [5, 5.41) is 14.3. The van der Waals surface area contributed by atoms with Crippen molar-refractivity contribution in [3.8, 4) is 17.1 Å². The Bertz CT molecular complexity index is 1340. The van der Waals surface area contributed by atoms with E-state index in [-0.39, 0.29) is 5.91 Å². The third kappa shape index (κ3) is 4.52. The van der Waals surface area contributed by atoms with Crippen LogP contribution in [0.25, 0.3) is 17.1 Å². The Morgan fingerprint density at radius 1 is 1.06 bits per heavy atom. The van der Waals surface area contributed by atoms with E-state index in [9.17, 15) is 9.90 Å². The molecule has 1 aliphatic rings. The van der Waals surface area contributed by atoms with Crippen LogP contribution in [0.2, 0.25) is 10.0 Å².